The number of hydrogen-bond donors (Lipinski definition) is 0. The number of benzene rings is 1. The van der Waals surface area contributed by atoms with Crippen molar-refractivity contribution < 1.29 is 9.05 Å². The summed E-state index contributed by atoms with van der Waals surface area (Å²) in [6.45, 7) is 9.61. The average molecular weight is 351 g/mol. The maximum atomic E-state index is 5.64. The van der Waals surface area contributed by atoms with Gasteiger partial charge in [-0.2, -0.15) is 0 Å². The molecule has 1 aromatic rings. The van der Waals surface area contributed by atoms with Crippen molar-refractivity contribution in [3.63, 3.8) is 0 Å². The predicted molar refractivity (Wildman–Crippen MR) is 97.1 cm³/mol. The zero-order valence-electron chi connectivity index (χ0n) is 12.5. The first-order valence-corrected chi connectivity index (χ1v) is 11.9. The Morgan fingerprint density at radius 3 is 2.15 bits per heavy atom. The van der Waals surface area contributed by atoms with E-state index in [9.17, 15) is 0 Å². The standard InChI is InChI=1S/C14H23O2PS3/c1-5-15-17(18,16-6-2)20-12-19-14(3,4)13-10-8-7-9-11-13/h7-11H,5-6,12H2,1-4H3. The van der Waals surface area contributed by atoms with Crippen LogP contribution in [0.1, 0.15) is 33.3 Å². The molecule has 0 N–H and O–H groups in total. The molecule has 0 saturated heterocycles. The normalized spacial score (nSPS) is 12.6. The Bertz CT molecular complexity index is 427. The minimum atomic E-state index is -2.17. The molecule has 0 aliphatic heterocycles. The predicted octanol–water partition coefficient (Wildman–Crippen LogP) is 5.64. The molecular weight excluding hydrogens is 327 g/mol. The number of hydrogen-bond acceptors (Lipinski definition) is 5. The van der Waals surface area contributed by atoms with Gasteiger partial charge >= 0.3 is 0 Å². The van der Waals surface area contributed by atoms with Crippen LogP contribution in [0.15, 0.2) is 30.3 Å². The van der Waals surface area contributed by atoms with Crippen molar-refractivity contribution in [2.24, 2.45) is 0 Å². The van der Waals surface area contributed by atoms with Gasteiger partial charge < -0.3 is 9.05 Å². The van der Waals surface area contributed by atoms with Crippen LogP contribution in [-0.2, 0) is 25.6 Å². The van der Waals surface area contributed by atoms with Crippen LogP contribution >= 0.6 is 28.8 Å². The van der Waals surface area contributed by atoms with Gasteiger partial charge in [-0.25, -0.2) is 0 Å². The molecular formula is C14H23O2PS3. The van der Waals surface area contributed by atoms with Crippen molar-refractivity contribution in [2.75, 3.05) is 18.3 Å². The van der Waals surface area contributed by atoms with Crippen molar-refractivity contribution in [3.05, 3.63) is 35.9 Å². The summed E-state index contributed by atoms with van der Waals surface area (Å²) in [6, 6.07) is 10.5. The van der Waals surface area contributed by atoms with Crippen molar-refractivity contribution in [2.45, 2.75) is 32.4 Å². The van der Waals surface area contributed by atoms with Gasteiger partial charge in [-0.3, -0.25) is 0 Å². The molecule has 0 heterocycles. The first-order chi connectivity index (χ1) is 9.43. The lowest BCUT2D eigenvalue weighted by molar-refractivity contribution is 0.280. The molecule has 0 spiro atoms. The third kappa shape index (κ3) is 6.08. The fourth-order valence-corrected chi connectivity index (χ4v) is 9.16. The van der Waals surface area contributed by atoms with Crippen molar-refractivity contribution in [1.82, 2.24) is 0 Å². The average Bonchev–Trinajstić information content (AvgIpc) is 2.40. The Kier molecular flexibility index (Phi) is 8.17. The van der Waals surface area contributed by atoms with E-state index in [2.05, 4.69) is 38.1 Å². The van der Waals surface area contributed by atoms with E-state index < -0.39 is 5.69 Å². The van der Waals surface area contributed by atoms with Crippen LogP contribution in [0.3, 0.4) is 0 Å². The summed E-state index contributed by atoms with van der Waals surface area (Å²) < 4.78 is 11.3. The zero-order valence-corrected chi connectivity index (χ0v) is 15.8. The van der Waals surface area contributed by atoms with E-state index in [0.717, 1.165) is 5.08 Å². The van der Waals surface area contributed by atoms with Gasteiger partial charge in [-0.05, 0) is 45.1 Å². The highest BCUT2D eigenvalue weighted by Crippen LogP contribution is 2.62. The van der Waals surface area contributed by atoms with Gasteiger partial charge in [0.1, 0.15) is 0 Å². The van der Waals surface area contributed by atoms with E-state index >= 15 is 0 Å². The summed E-state index contributed by atoms with van der Waals surface area (Å²) in [5.74, 6) is 0. The third-order valence-corrected chi connectivity index (χ3v) is 10.1. The second-order valence-electron chi connectivity index (χ2n) is 4.55. The number of rotatable bonds is 9. The van der Waals surface area contributed by atoms with Crippen LogP contribution in [0, 0.1) is 0 Å². The van der Waals surface area contributed by atoms with E-state index in [0.29, 0.717) is 13.2 Å². The minimum Gasteiger partial charge on any atom is -0.322 e. The summed E-state index contributed by atoms with van der Waals surface area (Å²) in [4.78, 5) is 0. The van der Waals surface area contributed by atoms with E-state index in [4.69, 9.17) is 20.9 Å². The highest BCUT2D eigenvalue weighted by molar-refractivity contribution is 8.69. The molecule has 20 heavy (non-hydrogen) atoms. The van der Waals surface area contributed by atoms with Crippen LogP contribution < -0.4 is 0 Å². The van der Waals surface area contributed by atoms with E-state index in [1.54, 1.807) is 11.4 Å². The van der Waals surface area contributed by atoms with Crippen molar-refractivity contribution >= 4 is 40.6 Å². The fourth-order valence-electron chi connectivity index (χ4n) is 1.59. The van der Waals surface area contributed by atoms with Crippen LogP contribution in [0.5, 0.6) is 0 Å². The van der Waals surface area contributed by atoms with Gasteiger partial charge in [0.05, 0.1) is 13.2 Å². The molecule has 0 unspecified atom stereocenters. The molecule has 0 aliphatic rings. The first-order valence-electron chi connectivity index (χ1n) is 6.66. The Labute approximate surface area is 136 Å². The van der Waals surface area contributed by atoms with Crippen LogP contribution in [0.4, 0.5) is 0 Å². The second kappa shape index (κ2) is 8.82. The number of thioether (sulfide) groups is 1. The molecule has 6 heteroatoms. The van der Waals surface area contributed by atoms with E-state index in [1.165, 1.54) is 5.56 Å². The highest BCUT2D eigenvalue weighted by atomic mass is 32.9. The molecule has 1 aromatic carbocycles. The van der Waals surface area contributed by atoms with E-state index in [1.807, 2.05) is 31.7 Å². The van der Waals surface area contributed by atoms with Gasteiger partial charge in [0, 0.05) is 9.83 Å². The smallest absolute Gasteiger partial charge is 0.248 e. The summed E-state index contributed by atoms with van der Waals surface area (Å²) in [6.07, 6.45) is 0. The second-order valence-corrected chi connectivity index (χ2v) is 12.8. The summed E-state index contributed by atoms with van der Waals surface area (Å²) >= 11 is 9.03. The molecule has 0 aromatic heterocycles. The summed E-state index contributed by atoms with van der Waals surface area (Å²) in [5, 5.41) is 0.874. The Morgan fingerprint density at radius 1 is 1.10 bits per heavy atom. The van der Waals surface area contributed by atoms with Crippen LogP contribution in [-0.4, -0.2) is 18.3 Å². The van der Waals surface area contributed by atoms with Gasteiger partial charge in [-0.1, -0.05) is 41.7 Å². The van der Waals surface area contributed by atoms with Crippen molar-refractivity contribution in [1.29, 1.82) is 0 Å². The molecule has 114 valence electrons. The highest BCUT2D eigenvalue weighted by Gasteiger charge is 2.24. The lowest BCUT2D eigenvalue weighted by atomic mass is 10.0. The SMILES string of the molecule is CCOP(=S)(OCC)SCSC(C)(C)c1ccccc1. The summed E-state index contributed by atoms with van der Waals surface area (Å²) in [5.41, 5.74) is -0.842. The molecule has 0 amide bonds. The third-order valence-electron chi connectivity index (χ3n) is 2.67. The Morgan fingerprint density at radius 2 is 1.65 bits per heavy atom. The quantitative estimate of drug-likeness (QED) is 0.422. The van der Waals surface area contributed by atoms with Crippen molar-refractivity contribution in [3.8, 4) is 0 Å². The van der Waals surface area contributed by atoms with Gasteiger partial charge in [0.15, 0.2) is 0 Å². The molecule has 0 saturated carbocycles. The largest absolute Gasteiger partial charge is 0.322 e. The van der Waals surface area contributed by atoms with E-state index in [-0.39, 0.29) is 4.75 Å². The zero-order chi connectivity index (χ0) is 15.1. The lowest BCUT2D eigenvalue weighted by Crippen LogP contribution is -2.11. The summed E-state index contributed by atoms with van der Waals surface area (Å²) in [7, 11) is 0. The molecule has 2 nitrogen and oxygen atoms in total. The molecule has 1 rings (SSSR count). The van der Waals surface area contributed by atoms with Gasteiger partial charge in [-0.15, -0.1) is 11.8 Å². The maximum absolute atomic E-state index is 5.64. The molecule has 0 atom stereocenters. The minimum absolute atomic E-state index is 0.0624. The topological polar surface area (TPSA) is 18.5 Å². The van der Waals surface area contributed by atoms with Gasteiger partial charge in [0.2, 0.25) is 5.69 Å². The molecule has 0 radical (unpaired) electrons. The monoisotopic (exact) mass is 350 g/mol. The fraction of sp³-hybridized carbons (Fsp3) is 0.571. The Hall–Kier alpha value is 0.490. The first kappa shape index (κ1) is 18.5. The molecule has 0 bridgehead atoms. The van der Waals surface area contributed by atoms with Gasteiger partial charge in [0.25, 0.3) is 0 Å². The van der Waals surface area contributed by atoms with Crippen LogP contribution in [0.2, 0.25) is 0 Å². The Balaban J connectivity index is 2.56. The molecule has 0 fully saturated rings. The molecule has 0 aliphatic carbocycles. The lowest BCUT2D eigenvalue weighted by Gasteiger charge is -2.26. The van der Waals surface area contributed by atoms with Crippen LogP contribution in [0.25, 0.3) is 0 Å². The maximum Gasteiger partial charge on any atom is 0.248 e.